The van der Waals surface area contributed by atoms with Crippen molar-refractivity contribution in [3.05, 3.63) is 48.2 Å². The predicted molar refractivity (Wildman–Crippen MR) is 113 cm³/mol. The summed E-state index contributed by atoms with van der Waals surface area (Å²) >= 11 is 0. The predicted octanol–water partition coefficient (Wildman–Crippen LogP) is 3.29. The van der Waals surface area contributed by atoms with Crippen LogP contribution in [0, 0.1) is 11.7 Å². The van der Waals surface area contributed by atoms with E-state index in [2.05, 4.69) is 21.9 Å². The van der Waals surface area contributed by atoms with E-state index in [1.54, 1.807) is 24.4 Å². The highest BCUT2D eigenvalue weighted by atomic mass is 19.1. The van der Waals surface area contributed by atoms with Crippen LogP contribution in [0.25, 0.3) is 22.6 Å². The number of nitrogens with zero attached hydrogens (tertiary/aromatic N) is 4. The Bertz CT molecular complexity index is 1000. The van der Waals surface area contributed by atoms with Crippen LogP contribution in [-0.2, 0) is 9.47 Å². The summed E-state index contributed by atoms with van der Waals surface area (Å²) in [4.78, 5) is 18.8. The van der Waals surface area contributed by atoms with Crippen LogP contribution in [0.4, 0.5) is 4.39 Å². The van der Waals surface area contributed by atoms with Crippen LogP contribution in [0.5, 0.6) is 6.01 Å². The number of ether oxygens (including phenoxy) is 3. The molecule has 9 heteroatoms. The van der Waals surface area contributed by atoms with Crippen LogP contribution in [0.15, 0.2) is 36.5 Å². The van der Waals surface area contributed by atoms with Crippen LogP contribution in [0.2, 0.25) is 0 Å². The lowest BCUT2D eigenvalue weighted by Crippen LogP contribution is -2.25. The van der Waals surface area contributed by atoms with E-state index in [9.17, 15) is 4.39 Å². The van der Waals surface area contributed by atoms with Gasteiger partial charge in [0.15, 0.2) is 5.82 Å². The number of hydrogen-bond acceptors (Lipinski definition) is 7. The van der Waals surface area contributed by atoms with Gasteiger partial charge < -0.3 is 24.1 Å². The smallest absolute Gasteiger partial charge is 0.316 e. The summed E-state index contributed by atoms with van der Waals surface area (Å²) in [7, 11) is 3.94. The van der Waals surface area contributed by atoms with Gasteiger partial charge >= 0.3 is 6.01 Å². The molecule has 1 aromatic carbocycles. The van der Waals surface area contributed by atoms with Gasteiger partial charge in [-0.2, -0.15) is 4.98 Å². The number of halogens is 1. The summed E-state index contributed by atoms with van der Waals surface area (Å²) in [6, 6.07) is 8.21. The Morgan fingerprint density at radius 2 is 1.87 bits per heavy atom. The highest BCUT2D eigenvalue weighted by Gasteiger charge is 2.26. The Morgan fingerprint density at radius 3 is 2.58 bits per heavy atom. The summed E-state index contributed by atoms with van der Waals surface area (Å²) in [5.74, 6) is 0.550. The fourth-order valence-corrected chi connectivity index (χ4v) is 3.13. The third-order valence-electron chi connectivity index (χ3n) is 4.79. The molecule has 0 saturated carbocycles. The Hall–Kier alpha value is -2.88. The van der Waals surface area contributed by atoms with E-state index in [1.165, 1.54) is 12.1 Å². The topological polar surface area (TPSA) is 85.4 Å². The van der Waals surface area contributed by atoms with Gasteiger partial charge in [-0.05, 0) is 44.4 Å². The van der Waals surface area contributed by atoms with E-state index >= 15 is 0 Å². The number of benzene rings is 1. The molecule has 8 nitrogen and oxygen atoms in total. The molecule has 0 radical (unpaired) electrons. The van der Waals surface area contributed by atoms with Crippen molar-refractivity contribution in [1.82, 2.24) is 24.8 Å². The number of nitrogens with one attached hydrogen (secondary N) is 1. The maximum absolute atomic E-state index is 13.5. The fraction of sp³-hybridized carbons (Fsp3) is 0.409. The summed E-state index contributed by atoms with van der Waals surface area (Å²) in [6.07, 6.45) is 1.04. The van der Waals surface area contributed by atoms with Crippen molar-refractivity contribution in [2.75, 3.05) is 40.5 Å². The molecule has 1 aliphatic rings. The molecule has 1 fully saturated rings. The van der Waals surface area contributed by atoms with Gasteiger partial charge in [0.1, 0.15) is 12.4 Å². The van der Waals surface area contributed by atoms with Gasteiger partial charge in [0.25, 0.3) is 0 Å². The van der Waals surface area contributed by atoms with Gasteiger partial charge in [0.2, 0.25) is 6.29 Å². The summed E-state index contributed by atoms with van der Waals surface area (Å²) in [5, 5.41) is 0. The second-order valence-corrected chi connectivity index (χ2v) is 7.83. The molecule has 1 aliphatic heterocycles. The van der Waals surface area contributed by atoms with E-state index in [0.29, 0.717) is 48.6 Å². The van der Waals surface area contributed by atoms with Gasteiger partial charge in [0.05, 0.1) is 30.3 Å². The number of rotatable bonds is 7. The minimum absolute atomic E-state index is 0.277. The number of hydrogen-bond donors (Lipinski definition) is 1. The molecule has 0 bridgehead atoms. The van der Waals surface area contributed by atoms with E-state index in [4.69, 9.17) is 19.2 Å². The average Bonchev–Trinajstić information content (AvgIpc) is 3.20. The van der Waals surface area contributed by atoms with Crippen molar-refractivity contribution in [3.8, 4) is 28.7 Å². The van der Waals surface area contributed by atoms with Crippen molar-refractivity contribution in [1.29, 1.82) is 0 Å². The second kappa shape index (κ2) is 9.51. The third-order valence-corrected chi connectivity index (χ3v) is 4.79. The Labute approximate surface area is 180 Å². The lowest BCUT2D eigenvalue weighted by molar-refractivity contribution is -0.205. The maximum Gasteiger partial charge on any atom is 0.316 e. The van der Waals surface area contributed by atoms with Crippen LogP contribution in [-0.4, -0.2) is 65.3 Å². The first-order chi connectivity index (χ1) is 15.0. The minimum atomic E-state index is -0.596. The zero-order valence-electron chi connectivity index (χ0n) is 17.8. The molecule has 31 heavy (non-hydrogen) atoms. The number of aromatic amines is 1. The number of likely N-dealkylation sites (N-methyl/N-ethyl adjacent to an activating group) is 1. The number of aromatic nitrogens is 4. The quantitative estimate of drug-likeness (QED) is 0.619. The Kier molecular flexibility index (Phi) is 6.55. The molecule has 0 atom stereocenters. The lowest BCUT2D eigenvalue weighted by atomic mass is 10.1. The van der Waals surface area contributed by atoms with Gasteiger partial charge in [-0.3, -0.25) is 0 Å². The molecule has 0 unspecified atom stereocenters. The first kappa shape index (κ1) is 21.4. The molecule has 0 amide bonds. The SMILES string of the molecule is CC1COC(c2nc(-c3ccc(F)cc3)c(-c3ccnc(OCCN(C)C)n3)[nH]2)OC1. The molecule has 0 spiro atoms. The first-order valence-corrected chi connectivity index (χ1v) is 10.2. The Morgan fingerprint density at radius 1 is 1.13 bits per heavy atom. The normalized spacial score (nSPS) is 19.0. The lowest BCUT2D eigenvalue weighted by Gasteiger charge is -2.25. The van der Waals surface area contributed by atoms with Crippen LogP contribution in [0.1, 0.15) is 19.0 Å². The monoisotopic (exact) mass is 427 g/mol. The summed E-state index contributed by atoms with van der Waals surface area (Å²) in [6.45, 7) is 4.45. The largest absolute Gasteiger partial charge is 0.462 e. The fourth-order valence-electron chi connectivity index (χ4n) is 3.13. The third kappa shape index (κ3) is 5.25. The van der Waals surface area contributed by atoms with Crippen molar-refractivity contribution in [2.24, 2.45) is 5.92 Å². The summed E-state index contributed by atoms with van der Waals surface area (Å²) < 4.78 is 30.7. The Balaban J connectivity index is 1.67. The van der Waals surface area contributed by atoms with E-state index in [0.717, 1.165) is 12.1 Å². The molecule has 3 aromatic rings. The second-order valence-electron chi connectivity index (χ2n) is 7.83. The number of imidazole rings is 1. The van der Waals surface area contributed by atoms with Crippen LogP contribution in [0.3, 0.4) is 0 Å². The number of H-pyrrole nitrogens is 1. The van der Waals surface area contributed by atoms with E-state index in [-0.39, 0.29) is 11.8 Å². The van der Waals surface area contributed by atoms with Crippen molar-refractivity contribution < 1.29 is 18.6 Å². The van der Waals surface area contributed by atoms with Crippen molar-refractivity contribution >= 4 is 0 Å². The van der Waals surface area contributed by atoms with Crippen LogP contribution >= 0.6 is 0 Å². The molecule has 164 valence electrons. The van der Waals surface area contributed by atoms with Crippen molar-refractivity contribution in [3.63, 3.8) is 0 Å². The van der Waals surface area contributed by atoms with Crippen LogP contribution < -0.4 is 4.74 Å². The summed E-state index contributed by atoms with van der Waals surface area (Å²) in [5.41, 5.74) is 2.64. The van der Waals surface area contributed by atoms with Gasteiger partial charge in [-0.15, -0.1) is 0 Å². The molecule has 3 heterocycles. The molecular formula is C22H26FN5O3. The first-order valence-electron chi connectivity index (χ1n) is 10.2. The molecular weight excluding hydrogens is 401 g/mol. The molecule has 0 aliphatic carbocycles. The zero-order valence-corrected chi connectivity index (χ0v) is 17.8. The van der Waals surface area contributed by atoms with Gasteiger partial charge in [-0.25, -0.2) is 14.4 Å². The highest BCUT2D eigenvalue weighted by molar-refractivity contribution is 5.76. The minimum Gasteiger partial charge on any atom is -0.462 e. The van der Waals surface area contributed by atoms with Gasteiger partial charge in [-0.1, -0.05) is 6.92 Å². The van der Waals surface area contributed by atoms with Gasteiger partial charge in [0, 0.05) is 24.2 Å². The maximum atomic E-state index is 13.5. The molecule has 1 N–H and O–H groups in total. The molecule has 1 saturated heterocycles. The average molecular weight is 427 g/mol. The molecule has 2 aromatic heterocycles. The van der Waals surface area contributed by atoms with Crippen molar-refractivity contribution in [2.45, 2.75) is 13.2 Å². The highest BCUT2D eigenvalue weighted by Crippen LogP contribution is 2.33. The zero-order chi connectivity index (χ0) is 21.8. The van der Waals surface area contributed by atoms with E-state index in [1.807, 2.05) is 19.0 Å². The molecule has 4 rings (SSSR count). The standard InChI is InChI=1S/C22H26FN5O3/c1-14-12-30-21(31-13-14)20-26-18(15-4-6-16(23)7-5-15)19(27-20)17-8-9-24-22(25-17)29-11-10-28(2)3/h4-9,14,21H,10-13H2,1-3H3,(H,26,27). The van der Waals surface area contributed by atoms with E-state index < -0.39 is 6.29 Å².